The van der Waals surface area contributed by atoms with Gasteiger partial charge < -0.3 is 19.6 Å². The summed E-state index contributed by atoms with van der Waals surface area (Å²) in [5.41, 5.74) is -1.46. The first-order chi connectivity index (χ1) is 8.88. The fourth-order valence-corrected chi connectivity index (χ4v) is 2.08. The SMILES string of the molecule is C[C@@]1(O)CCN(C(=O)CCc2cc(=O)[nH]o2)C[C@H]1O. The molecule has 3 N–H and O–H groups in total. The van der Waals surface area contributed by atoms with Crippen molar-refractivity contribution in [2.24, 2.45) is 0 Å². The number of amides is 1. The highest BCUT2D eigenvalue weighted by molar-refractivity contribution is 5.76. The molecule has 7 nitrogen and oxygen atoms in total. The summed E-state index contributed by atoms with van der Waals surface area (Å²) in [5.74, 6) is 0.307. The number of likely N-dealkylation sites (tertiary alicyclic amines) is 1. The van der Waals surface area contributed by atoms with Crippen LogP contribution in [0, 0.1) is 0 Å². The number of piperidine rings is 1. The van der Waals surface area contributed by atoms with Crippen molar-refractivity contribution in [3.05, 3.63) is 22.2 Å². The molecule has 0 unspecified atom stereocenters. The Kier molecular flexibility index (Phi) is 3.77. The van der Waals surface area contributed by atoms with Crippen molar-refractivity contribution < 1.29 is 19.5 Å². The van der Waals surface area contributed by atoms with Gasteiger partial charge in [0.05, 0.1) is 11.7 Å². The van der Waals surface area contributed by atoms with Crippen LogP contribution in [0.4, 0.5) is 0 Å². The van der Waals surface area contributed by atoms with E-state index in [1.165, 1.54) is 11.0 Å². The van der Waals surface area contributed by atoms with E-state index in [2.05, 4.69) is 5.16 Å². The monoisotopic (exact) mass is 270 g/mol. The van der Waals surface area contributed by atoms with Crippen LogP contribution in [-0.2, 0) is 11.2 Å². The van der Waals surface area contributed by atoms with E-state index in [1.807, 2.05) is 0 Å². The summed E-state index contributed by atoms with van der Waals surface area (Å²) in [4.78, 5) is 24.3. The molecule has 1 aliphatic rings. The van der Waals surface area contributed by atoms with Crippen LogP contribution in [-0.4, -0.2) is 51.0 Å². The van der Waals surface area contributed by atoms with Crippen LogP contribution in [0.5, 0.6) is 0 Å². The lowest BCUT2D eigenvalue weighted by atomic mass is 9.90. The Labute approximate surface area is 109 Å². The highest BCUT2D eigenvalue weighted by Gasteiger charge is 2.37. The maximum atomic E-state index is 11.9. The van der Waals surface area contributed by atoms with E-state index in [4.69, 9.17) is 4.52 Å². The van der Waals surface area contributed by atoms with Gasteiger partial charge in [-0.15, -0.1) is 0 Å². The van der Waals surface area contributed by atoms with Gasteiger partial charge in [0.15, 0.2) is 0 Å². The second kappa shape index (κ2) is 5.18. The van der Waals surface area contributed by atoms with Gasteiger partial charge in [0.25, 0.3) is 5.56 Å². The second-order valence-corrected chi connectivity index (χ2v) is 5.14. The molecular formula is C12H18N2O5. The zero-order chi connectivity index (χ0) is 14.0. The number of β-amino-alcohol motifs (C(OH)–C–C–N with tert-alkyl or cyclic N) is 1. The van der Waals surface area contributed by atoms with Gasteiger partial charge in [0.1, 0.15) is 5.76 Å². The molecule has 1 aromatic heterocycles. The van der Waals surface area contributed by atoms with Crippen LogP contribution in [0.25, 0.3) is 0 Å². The minimum Gasteiger partial charge on any atom is -0.388 e. The summed E-state index contributed by atoms with van der Waals surface area (Å²) in [6.45, 7) is 2.11. The number of aliphatic hydroxyl groups is 2. The van der Waals surface area contributed by atoms with Crippen molar-refractivity contribution in [3.63, 3.8) is 0 Å². The Morgan fingerprint density at radius 1 is 1.68 bits per heavy atom. The largest absolute Gasteiger partial charge is 0.388 e. The summed E-state index contributed by atoms with van der Waals surface area (Å²) in [7, 11) is 0. The predicted octanol–water partition coefficient (Wildman–Crippen LogP) is -0.755. The quantitative estimate of drug-likeness (QED) is 0.669. The average molecular weight is 270 g/mol. The van der Waals surface area contributed by atoms with Crippen LogP contribution in [0.1, 0.15) is 25.5 Å². The van der Waals surface area contributed by atoms with Crippen LogP contribution >= 0.6 is 0 Å². The highest BCUT2D eigenvalue weighted by atomic mass is 16.5. The molecule has 2 rings (SSSR count). The molecule has 1 fully saturated rings. The molecule has 0 aromatic carbocycles. The number of aryl methyl sites for hydroxylation is 1. The number of hydrogen-bond donors (Lipinski definition) is 3. The molecule has 0 aliphatic carbocycles. The van der Waals surface area contributed by atoms with Gasteiger partial charge in [-0.3, -0.25) is 9.59 Å². The Morgan fingerprint density at radius 2 is 2.42 bits per heavy atom. The summed E-state index contributed by atoms with van der Waals surface area (Å²) < 4.78 is 4.86. The van der Waals surface area contributed by atoms with Crippen LogP contribution < -0.4 is 5.56 Å². The van der Waals surface area contributed by atoms with Gasteiger partial charge in [-0.2, -0.15) is 5.16 Å². The van der Waals surface area contributed by atoms with Crippen LogP contribution in [0.3, 0.4) is 0 Å². The van der Waals surface area contributed by atoms with Gasteiger partial charge in [-0.1, -0.05) is 0 Å². The summed E-state index contributed by atoms with van der Waals surface area (Å²) >= 11 is 0. The normalized spacial score (nSPS) is 27.5. The lowest BCUT2D eigenvalue weighted by Crippen LogP contribution is -2.55. The van der Waals surface area contributed by atoms with Gasteiger partial charge >= 0.3 is 0 Å². The molecule has 2 atom stereocenters. The third-order valence-corrected chi connectivity index (χ3v) is 3.51. The van der Waals surface area contributed by atoms with E-state index in [-0.39, 0.29) is 24.4 Å². The predicted molar refractivity (Wildman–Crippen MR) is 65.5 cm³/mol. The summed E-state index contributed by atoms with van der Waals surface area (Å²) in [5, 5.41) is 21.7. The minimum atomic E-state index is -1.13. The van der Waals surface area contributed by atoms with E-state index in [0.717, 1.165) is 0 Å². The van der Waals surface area contributed by atoms with Crippen LogP contribution in [0.2, 0.25) is 0 Å². The molecule has 0 radical (unpaired) electrons. The number of carbonyl (C=O) groups excluding carboxylic acids is 1. The van der Waals surface area contributed by atoms with Crippen molar-refractivity contribution in [3.8, 4) is 0 Å². The van der Waals surface area contributed by atoms with Gasteiger partial charge in [0.2, 0.25) is 5.91 Å². The van der Waals surface area contributed by atoms with E-state index in [9.17, 15) is 19.8 Å². The average Bonchev–Trinajstić information content (AvgIpc) is 2.76. The number of aliphatic hydroxyl groups excluding tert-OH is 1. The van der Waals surface area contributed by atoms with Crippen molar-refractivity contribution >= 4 is 5.91 Å². The Morgan fingerprint density at radius 3 is 3.00 bits per heavy atom. The first-order valence-electron chi connectivity index (χ1n) is 6.24. The molecule has 0 spiro atoms. The number of nitrogens with one attached hydrogen (secondary N) is 1. The number of aromatic nitrogens is 1. The standard InChI is InChI=1S/C12H18N2O5/c1-12(18)4-5-14(7-9(12)15)11(17)3-2-8-6-10(16)13-19-8/h6,9,15,18H,2-5,7H2,1H3,(H,13,16)/t9-,12-/m1/s1. The lowest BCUT2D eigenvalue weighted by Gasteiger charge is -2.39. The first kappa shape index (κ1) is 13.8. The highest BCUT2D eigenvalue weighted by Crippen LogP contribution is 2.22. The van der Waals surface area contributed by atoms with E-state index in [1.54, 1.807) is 6.92 Å². The van der Waals surface area contributed by atoms with E-state index < -0.39 is 11.7 Å². The molecule has 106 valence electrons. The van der Waals surface area contributed by atoms with Crippen molar-refractivity contribution in [1.82, 2.24) is 10.1 Å². The zero-order valence-electron chi connectivity index (χ0n) is 10.8. The summed E-state index contributed by atoms with van der Waals surface area (Å²) in [6, 6.07) is 1.31. The van der Waals surface area contributed by atoms with Gasteiger partial charge in [-0.25, -0.2) is 0 Å². The Hall–Kier alpha value is -1.60. The molecule has 0 saturated carbocycles. The molecule has 19 heavy (non-hydrogen) atoms. The first-order valence-corrected chi connectivity index (χ1v) is 6.24. The maximum Gasteiger partial charge on any atom is 0.280 e. The minimum absolute atomic E-state index is 0.126. The number of carbonyl (C=O) groups is 1. The lowest BCUT2D eigenvalue weighted by molar-refractivity contribution is -0.146. The molecule has 1 aliphatic heterocycles. The van der Waals surface area contributed by atoms with Crippen LogP contribution in [0.15, 0.2) is 15.4 Å². The number of nitrogens with zero attached hydrogens (tertiary/aromatic N) is 1. The van der Waals surface area contributed by atoms with Crippen molar-refractivity contribution in [1.29, 1.82) is 0 Å². The van der Waals surface area contributed by atoms with Crippen molar-refractivity contribution in [2.45, 2.75) is 37.9 Å². The smallest absolute Gasteiger partial charge is 0.280 e. The molecule has 1 aromatic rings. The van der Waals surface area contributed by atoms with Gasteiger partial charge in [0, 0.05) is 32.0 Å². The van der Waals surface area contributed by atoms with Crippen molar-refractivity contribution in [2.75, 3.05) is 13.1 Å². The Bertz CT molecular complexity index is 504. The zero-order valence-corrected chi connectivity index (χ0v) is 10.8. The fraction of sp³-hybridized carbons (Fsp3) is 0.667. The van der Waals surface area contributed by atoms with E-state index >= 15 is 0 Å². The molecule has 0 bridgehead atoms. The third kappa shape index (κ3) is 3.24. The second-order valence-electron chi connectivity index (χ2n) is 5.14. The molecular weight excluding hydrogens is 252 g/mol. The molecule has 1 saturated heterocycles. The summed E-state index contributed by atoms with van der Waals surface area (Å²) in [6.07, 6.45) is -0.0505. The third-order valence-electron chi connectivity index (χ3n) is 3.51. The number of aromatic amines is 1. The number of H-pyrrole nitrogens is 1. The topological polar surface area (TPSA) is 107 Å². The molecule has 2 heterocycles. The number of hydrogen-bond acceptors (Lipinski definition) is 5. The fourth-order valence-electron chi connectivity index (χ4n) is 2.08. The molecule has 1 amide bonds. The van der Waals surface area contributed by atoms with Gasteiger partial charge in [-0.05, 0) is 13.3 Å². The molecule has 7 heteroatoms. The number of rotatable bonds is 3. The van der Waals surface area contributed by atoms with E-state index in [0.29, 0.717) is 25.1 Å². The maximum absolute atomic E-state index is 11.9. The Balaban J connectivity index is 1.86.